The smallest absolute Gasteiger partial charge is 0.241 e. The Kier molecular flexibility index (Phi) is 4.07. The highest BCUT2D eigenvalue weighted by Crippen LogP contribution is 2.50. The van der Waals surface area contributed by atoms with Gasteiger partial charge in [0.1, 0.15) is 0 Å². The Morgan fingerprint density at radius 3 is 2.50 bits per heavy atom. The van der Waals surface area contributed by atoms with Crippen molar-refractivity contribution in [2.24, 2.45) is 11.3 Å². The van der Waals surface area contributed by atoms with Crippen LogP contribution >= 0.6 is 0 Å². The molecule has 1 saturated heterocycles. The van der Waals surface area contributed by atoms with E-state index in [1.165, 1.54) is 44.9 Å². The van der Waals surface area contributed by atoms with Crippen molar-refractivity contribution in [1.82, 2.24) is 10.2 Å². The molecule has 0 aromatic rings. The summed E-state index contributed by atoms with van der Waals surface area (Å²) in [6.07, 6.45) is 11.6. The van der Waals surface area contributed by atoms with E-state index in [1.807, 2.05) is 0 Å². The minimum atomic E-state index is 0.0956. The molecule has 3 heteroatoms. The molecular weight excluding hydrogens is 248 g/mol. The minimum absolute atomic E-state index is 0.0956. The van der Waals surface area contributed by atoms with E-state index in [0.29, 0.717) is 23.4 Å². The van der Waals surface area contributed by atoms with Crippen LogP contribution in [-0.4, -0.2) is 29.6 Å². The number of hydrogen-bond acceptors (Lipinski definition) is 2. The van der Waals surface area contributed by atoms with Crippen LogP contribution in [0.4, 0.5) is 0 Å². The van der Waals surface area contributed by atoms with E-state index in [-0.39, 0.29) is 6.04 Å². The molecule has 3 aliphatic rings. The summed E-state index contributed by atoms with van der Waals surface area (Å²) in [4.78, 5) is 15.0. The second-order valence-electron chi connectivity index (χ2n) is 7.32. The number of nitrogens with zero attached hydrogens (tertiary/aromatic N) is 1. The summed E-state index contributed by atoms with van der Waals surface area (Å²) in [6, 6.07) is 0.0956. The summed E-state index contributed by atoms with van der Waals surface area (Å²) in [5.74, 6) is 1.09. The topological polar surface area (TPSA) is 32.3 Å². The molecule has 0 aromatic carbocycles. The lowest BCUT2D eigenvalue weighted by Gasteiger charge is -2.32. The van der Waals surface area contributed by atoms with Gasteiger partial charge in [-0.2, -0.15) is 0 Å². The second-order valence-corrected chi connectivity index (χ2v) is 7.32. The third kappa shape index (κ3) is 2.61. The van der Waals surface area contributed by atoms with Gasteiger partial charge in [-0.05, 0) is 49.9 Å². The highest BCUT2D eigenvalue weighted by molar-refractivity contribution is 5.84. The Labute approximate surface area is 123 Å². The number of hydrogen-bond donors (Lipinski definition) is 1. The molecule has 2 saturated carbocycles. The van der Waals surface area contributed by atoms with Gasteiger partial charge in [-0.15, -0.1) is 0 Å². The lowest BCUT2D eigenvalue weighted by atomic mass is 9.99. The molecule has 3 nitrogen and oxygen atoms in total. The van der Waals surface area contributed by atoms with E-state index in [2.05, 4.69) is 24.1 Å². The molecular formula is C17H30N2O. The van der Waals surface area contributed by atoms with Crippen LogP contribution < -0.4 is 5.32 Å². The Morgan fingerprint density at radius 2 is 1.95 bits per heavy atom. The third-order valence-corrected chi connectivity index (χ3v) is 5.93. The molecule has 1 heterocycles. The van der Waals surface area contributed by atoms with Crippen molar-refractivity contribution >= 4 is 5.91 Å². The maximum absolute atomic E-state index is 12.7. The van der Waals surface area contributed by atoms with Crippen LogP contribution in [-0.2, 0) is 4.79 Å². The van der Waals surface area contributed by atoms with Gasteiger partial charge in [0.15, 0.2) is 0 Å². The van der Waals surface area contributed by atoms with E-state index in [4.69, 9.17) is 0 Å². The van der Waals surface area contributed by atoms with Gasteiger partial charge in [-0.3, -0.25) is 10.1 Å². The van der Waals surface area contributed by atoms with Crippen molar-refractivity contribution in [2.75, 3.05) is 6.54 Å². The molecule has 0 aromatic heterocycles. The first kappa shape index (κ1) is 14.4. The molecule has 2 atom stereocenters. The van der Waals surface area contributed by atoms with Crippen LogP contribution in [0.5, 0.6) is 0 Å². The fraction of sp³-hybridized carbons (Fsp3) is 0.941. The zero-order chi connectivity index (χ0) is 14.2. The van der Waals surface area contributed by atoms with Crippen LogP contribution in [0.15, 0.2) is 0 Å². The zero-order valence-corrected chi connectivity index (χ0v) is 13.2. The molecule has 3 rings (SSSR count). The van der Waals surface area contributed by atoms with E-state index >= 15 is 0 Å². The number of carbonyl (C=O) groups is 1. The molecule has 2 unspecified atom stereocenters. The average molecular weight is 278 g/mol. The van der Waals surface area contributed by atoms with E-state index in [9.17, 15) is 4.79 Å². The first-order valence-electron chi connectivity index (χ1n) is 8.75. The molecule has 2 aliphatic carbocycles. The maximum Gasteiger partial charge on any atom is 0.241 e. The Morgan fingerprint density at radius 1 is 1.25 bits per heavy atom. The van der Waals surface area contributed by atoms with E-state index in [0.717, 1.165) is 19.4 Å². The van der Waals surface area contributed by atoms with Crippen molar-refractivity contribution in [1.29, 1.82) is 0 Å². The van der Waals surface area contributed by atoms with E-state index < -0.39 is 0 Å². The number of rotatable bonds is 6. The minimum Gasteiger partial charge on any atom is -0.325 e. The van der Waals surface area contributed by atoms with Crippen molar-refractivity contribution in [3.05, 3.63) is 0 Å². The SMILES string of the molecule is CCCC1NC(C2CCCC2)N(CC2(CC)CC2)C1=O. The van der Waals surface area contributed by atoms with Crippen LogP contribution in [0, 0.1) is 11.3 Å². The predicted molar refractivity (Wildman–Crippen MR) is 81.2 cm³/mol. The zero-order valence-electron chi connectivity index (χ0n) is 13.2. The summed E-state index contributed by atoms with van der Waals surface area (Å²) in [5, 5.41) is 3.68. The fourth-order valence-corrected chi connectivity index (χ4v) is 4.20. The van der Waals surface area contributed by atoms with Gasteiger partial charge in [0.05, 0.1) is 12.2 Å². The summed E-state index contributed by atoms with van der Waals surface area (Å²) in [6.45, 7) is 5.47. The van der Waals surface area contributed by atoms with Crippen molar-refractivity contribution in [3.8, 4) is 0 Å². The van der Waals surface area contributed by atoms with Gasteiger partial charge >= 0.3 is 0 Å². The first-order chi connectivity index (χ1) is 9.69. The Hall–Kier alpha value is -0.570. The number of amides is 1. The maximum atomic E-state index is 12.7. The summed E-state index contributed by atoms with van der Waals surface area (Å²) < 4.78 is 0. The van der Waals surface area contributed by atoms with Gasteiger partial charge < -0.3 is 4.90 Å². The highest BCUT2D eigenvalue weighted by Gasteiger charge is 2.49. The second kappa shape index (κ2) is 5.67. The van der Waals surface area contributed by atoms with Gasteiger partial charge in [-0.1, -0.05) is 33.1 Å². The molecule has 0 radical (unpaired) electrons. The predicted octanol–water partition coefficient (Wildman–Crippen LogP) is 3.29. The average Bonchev–Trinajstić information content (AvgIpc) is 2.89. The van der Waals surface area contributed by atoms with Crippen molar-refractivity contribution in [2.45, 2.75) is 83.8 Å². The molecule has 1 N–H and O–H groups in total. The molecule has 0 spiro atoms. The van der Waals surface area contributed by atoms with Gasteiger partial charge in [-0.25, -0.2) is 0 Å². The summed E-state index contributed by atoms with van der Waals surface area (Å²) in [5.41, 5.74) is 0.468. The first-order valence-corrected chi connectivity index (χ1v) is 8.75. The molecule has 0 bridgehead atoms. The van der Waals surface area contributed by atoms with Crippen LogP contribution in [0.25, 0.3) is 0 Å². The Balaban J connectivity index is 1.72. The van der Waals surface area contributed by atoms with Crippen LogP contribution in [0.2, 0.25) is 0 Å². The highest BCUT2D eigenvalue weighted by atomic mass is 16.2. The van der Waals surface area contributed by atoms with Gasteiger partial charge in [0.25, 0.3) is 0 Å². The number of carbonyl (C=O) groups excluding carboxylic acids is 1. The van der Waals surface area contributed by atoms with Crippen molar-refractivity contribution in [3.63, 3.8) is 0 Å². The standard InChI is InChI=1S/C17H30N2O/c1-3-7-14-16(20)19(12-17(4-2)10-11-17)15(18-14)13-8-5-6-9-13/h13-15,18H,3-12H2,1-2H3. The molecule has 3 fully saturated rings. The largest absolute Gasteiger partial charge is 0.325 e. The monoisotopic (exact) mass is 278 g/mol. The lowest BCUT2D eigenvalue weighted by molar-refractivity contribution is -0.131. The molecule has 1 amide bonds. The van der Waals surface area contributed by atoms with Crippen molar-refractivity contribution < 1.29 is 4.79 Å². The van der Waals surface area contributed by atoms with Gasteiger partial charge in [0, 0.05) is 6.54 Å². The van der Waals surface area contributed by atoms with Crippen LogP contribution in [0.1, 0.15) is 71.6 Å². The quantitative estimate of drug-likeness (QED) is 0.808. The van der Waals surface area contributed by atoms with E-state index in [1.54, 1.807) is 0 Å². The summed E-state index contributed by atoms with van der Waals surface area (Å²) >= 11 is 0. The fourth-order valence-electron chi connectivity index (χ4n) is 4.20. The van der Waals surface area contributed by atoms with Gasteiger partial charge in [0.2, 0.25) is 5.91 Å². The summed E-state index contributed by atoms with van der Waals surface area (Å²) in [7, 11) is 0. The molecule has 114 valence electrons. The Bertz CT molecular complexity index is 358. The van der Waals surface area contributed by atoms with Crippen LogP contribution in [0.3, 0.4) is 0 Å². The lowest BCUT2D eigenvalue weighted by Crippen LogP contribution is -2.45. The number of nitrogens with one attached hydrogen (secondary N) is 1. The normalized spacial score (nSPS) is 33.1. The molecule has 1 aliphatic heterocycles. The third-order valence-electron chi connectivity index (χ3n) is 5.93. The molecule has 20 heavy (non-hydrogen) atoms.